The van der Waals surface area contributed by atoms with E-state index in [1.807, 2.05) is 98.9 Å². The van der Waals surface area contributed by atoms with Gasteiger partial charge in [-0.3, -0.25) is 14.2 Å². The van der Waals surface area contributed by atoms with Crippen molar-refractivity contribution in [2.45, 2.75) is 25.5 Å². The van der Waals surface area contributed by atoms with E-state index in [1.54, 1.807) is 4.57 Å². The van der Waals surface area contributed by atoms with Crippen molar-refractivity contribution in [3.05, 3.63) is 112 Å². The van der Waals surface area contributed by atoms with E-state index in [2.05, 4.69) is 10.3 Å². The van der Waals surface area contributed by atoms with Gasteiger partial charge in [0.15, 0.2) is 5.16 Å². The Hall–Kier alpha value is -4.10. The second kappa shape index (κ2) is 10.3. The van der Waals surface area contributed by atoms with Crippen molar-refractivity contribution in [3.8, 4) is 16.8 Å². The van der Waals surface area contributed by atoms with Crippen LogP contribution in [-0.2, 0) is 11.3 Å². The SMILES string of the molecule is Cc1ccc(CNC(=O)CSc2nc3c(-c4ccccc4)c[nH]c3c(=O)n2-c2ccccc2C)cc1. The number of aryl methyl sites for hydroxylation is 2. The molecule has 36 heavy (non-hydrogen) atoms. The van der Waals surface area contributed by atoms with Crippen LogP contribution >= 0.6 is 11.8 Å². The van der Waals surface area contributed by atoms with Crippen LogP contribution < -0.4 is 10.9 Å². The molecular formula is C29H26N4O2S. The molecule has 2 N–H and O–H groups in total. The van der Waals surface area contributed by atoms with Gasteiger partial charge in [0.2, 0.25) is 5.91 Å². The number of nitrogens with zero attached hydrogens (tertiary/aromatic N) is 2. The van der Waals surface area contributed by atoms with Crippen molar-refractivity contribution >= 4 is 28.7 Å². The maximum Gasteiger partial charge on any atom is 0.283 e. The highest BCUT2D eigenvalue weighted by molar-refractivity contribution is 7.99. The third-order valence-electron chi connectivity index (χ3n) is 6.05. The monoisotopic (exact) mass is 494 g/mol. The lowest BCUT2D eigenvalue weighted by Crippen LogP contribution is -2.26. The molecule has 2 aromatic heterocycles. The first-order valence-corrected chi connectivity index (χ1v) is 12.7. The van der Waals surface area contributed by atoms with E-state index in [4.69, 9.17) is 4.98 Å². The highest BCUT2D eigenvalue weighted by Gasteiger charge is 2.19. The summed E-state index contributed by atoms with van der Waals surface area (Å²) in [6.45, 7) is 4.44. The van der Waals surface area contributed by atoms with Crippen LogP contribution in [0.1, 0.15) is 16.7 Å². The number of aromatic nitrogens is 3. The molecule has 0 aliphatic carbocycles. The average Bonchev–Trinajstić information content (AvgIpc) is 3.33. The molecule has 0 radical (unpaired) electrons. The second-order valence-corrected chi connectivity index (χ2v) is 9.61. The summed E-state index contributed by atoms with van der Waals surface area (Å²) in [6.07, 6.45) is 1.82. The molecule has 0 atom stereocenters. The van der Waals surface area contributed by atoms with Gasteiger partial charge in [0.05, 0.1) is 11.4 Å². The molecule has 5 aromatic rings. The van der Waals surface area contributed by atoms with E-state index in [9.17, 15) is 9.59 Å². The molecule has 0 spiro atoms. The predicted molar refractivity (Wildman–Crippen MR) is 146 cm³/mol. The van der Waals surface area contributed by atoms with E-state index in [0.717, 1.165) is 27.9 Å². The van der Waals surface area contributed by atoms with Gasteiger partial charge in [-0.05, 0) is 36.6 Å². The lowest BCUT2D eigenvalue weighted by molar-refractivity contribution is -0.118. The lowest BCUT2D eigenvalue weighted by atomic mass is 10.1. The van der Waals surface area contributed by atoms with Crippen LogP contribution in [0.25, 0.3) is 27.8 Å². The van der Waals surface area contributed by atoms with Crippen LogP contribution in [0.5, 0.6) is 0 Å². The number of nitrogens with one attached hydrogen (secondary N) is 2. The quantitative estimate of drug-likeness (QED) is 0.234. The number of fused-ring (bicyclic) bond motifs is 1. The number of benzene rings is 3. The zero-order chi connectivity index (χ0) is 25.1. The molecular weight excluding hydrogens is 468 g/mol. The van der Waals surface area contributed by atoms with E-state index in [1.165, 1.54) is 17.3 Å². The number of hydrogen-bond donors (Lipinski definition) is 2. The van der Waals surface area contributed by atoms with Gasteiger partial charge >= 0.3 is 0 Å². The number of aromatic amines is 1. The Kier molecular flexibility index (Phi) is 6.73. The van der Waals surface area contributed by atoms with Gasteiger partial charge in [0.25, 0.3) is 5.56 Å². The molecule has 0 aliphatic heterocycles. The first-order chi connectivity index (χ1) is 17.5. The summed E-state index contributed by atoms with van der Waals surface area (Å²) in [4.78, 5) is 34.5. The van der Waals surface area contributed by atoms with Gasteiger partial charge in [0, 0.05) is 18.3 Å². The molecule has 7 heteroatoms. The number of rotatable bonds is 7. The summed E-state index contributed by atoms with van der Waals surface area (Å²) in [6, 6.07) is 25.6. The first kappa shape index (κ1) is 23.6. The summed E-state index contributed by atoms with van der Waals surface area (Å²) < 4.78 is 1.60. The standard InChI is InChI=1S/C29H26N4O2S/c1-19-12-14-21(15-13-19)16-30-25(34)18-36-29-32-26-23(22-9-4-3-5-10-22)17-31-27(26)28(35)33(29)24-11-7-6-8-20(24)2/h3-15,17,31H,16,18H2,1-2H3,(H,30,34). The minimum atomic E-state index is -0.195. The highest BCUT2D eigenvalue weighted by Crippen LogP contribution is 2.29. The predicted octanol–water partition coefficient (Wildman–Crippen LogP) is 5.41. The van der Waals surface area contributed by atoms with Crippen molar-refractivity contribution in [2.75, 3.05) is 5.75 Å². The molecule has 5 rings (SSSR count). The number of amides is 1. The second-order valence-electron chi connectivity index (χ2n) is 8.66. The Morgan fingerprint density at radius 2 is 1.69 bits per heavy atom. The van der Waals surface area contributed by atoms with Gasteiger partial charge in [-0.25, -0.2) is 4.98 Å². The third-order valence-corrected chi connectivity index (χ3v) is 6.99. The van der Waals surface area contributed by atoms with Crippen LogP contribution in [-0.4, -0.2) is 26.2 Å². The Morgan fingerprint density at radius 1 is 0.972 bits per heavy atom. The summed E-state index contributed by atoms with van der Waals surface area (Å²) >= 11 is 1.26. The molecule has 1 amide bonds. The van der Waals surface area contributed by atoms with Crippen molar-refractivity contribution < 1.29 is 4.79 Å². The first-order valence-electron chi connectivity index (χ1n) is 11.7. The molecule has 0 aliphatic rings. The molecule has 0 unspecified atom stereocenters. The Bertz CT molecular complexity index is 1590. The summed E-state index contributed by atoms with van der Waals surface area (Å²) in [5, 5.41) is 3.44. The zero-order valence-electron chi connectivity index (χ0n) is 20.1. The van der Waals surface area contributed by atoms with Crippen LogP contribution in [0, 0.1) is 13.8 Å². The minimum absolute atomic E-state index is 0.122. The molecule has 0 bridgehead atoms. The van der Waals surface area contributed by atoms with Gasteiger partial charge in [-0.1, -0.05) is 90.1 Å². The summed E-state index contributed by atoms with van der Waals surface area (Å²) in [5.41, 5.74) is 6.56. The average molecular weight is 495 g/mol. The molecule has 180 valence electrons. The van der Waals surface area contributed by atoms with Crippen LogP contribution in [0.3, 0.4) is 0 Å². The fourth-order valence-electron chi connectivity index (χ4n) is 4.09. The summed E-state index contributed by atoms with van der Waals surface area (Å²) in [7, 11) is 0. The smallest absolute Gasteiger partial charge is 0.283 e. The highest BCUT2D eigenvalue weighted by atomic mass is 32.2. The molecule has 6 nitrogen and oxygen atoms in total. The maximum absolute atomic E-state index is 13.7. The molecule has 3 aromatic carbocycles. The van der Waals surface area contributed by atoms with Gasteiger partial charge in [0.1, 0.15) is 11.0 Å². The maximum atomic E-state index is 13.7. The van der Waals surface area contributed by atoms with E-state index in [0.29, 0.717) is 22.7 Å². The largest absolute Gasteiger partial charge is 0.355 e. The number of carbonyl (C=O) groups excluding carboxylic acids is 1. The Labute approximate surface area is 213 Å². The van der Waals surface area contributed by atoms with E-state index < -0.39 is 0 Å². The normalized spacial score (nSPS) is 11.1. The fourth-order valence-corrected chi connectivity index (χ4v) is 4.92. The molecule has 2 heterocycles. The summed E-state index contributed by atoms with van der Waals surface area (Å²) in [5.74, 6) is 0.0180. The Balaban J connectivity index is 1.49. The van der Waals surface area contributed by atoms with Crippen LogP contribution in [0.2, 0.25) is 0 Å². The number of H-pyrrole nitrogens is 1. The number of carbonyl (C=O) groups is 1. The number of para-hydroxylation sites is 1. The Morgan fingerprint density at radius 3 is 2.44 bits per heavy atom. The van der Waals surface area contributed by atoms with Gasteiger partial charge in [-0.15, -0.1) is 0 Å². The molecule has 0 saturated heterocycles. The van der Waals surface area contributed by atoms with Crippen LogP contribution in [0.15, 0.2) is 95.0 Å². The minimum Gasteiger partial charge on any atom is -0.355 e. The van der Waals surface area contributed by atoms with E-state index in [-0.39, 0.29) is 17.2 Å². The van der Waals surface area contributed by atoms with E-state index >= 15 is 0 Å². The molecule has 0 fully saturated rings. The van der Waals surface area contributed by atoms with Crippen molar-refractivity contribution in [3.63, 3.8) is 0 Å². The fraction of sp³-hybridized carbons (Fsp3) is 0.138. The zero-order valence-corrected chi connectivity index (χ0v) is 20.9. The topological polar surface area (TPSA) is 79.8 Å². The van der Waals surface area contributed by atoms with Crippen LogP contribution in [0.4, 0.5) is 0 Å². The van der Waals surface area contributed by atoms with Crippen molar-refractivity contribution in [1.82, 2.24) is 19.9 Å². The number of thioether (sulfide) groups is 1. The van der Waals surface area contributed by atoms with Gasteiger partial charge in [-0.2, -0.15) is 0 Å². The lowest BCUT2D eigenvalue weighted by Gasteiger charge is -2.14. The van der Waals surface area contributed by atoms with Gasteiger partial charge < -0.3 is 10.3 Å². The molecule has 0 saturated carbocycles. The third kappa shape index (κ3) is 4.83. The van der Waals surface area contributed by atoms with Crippen molar-refractivity contribution in [2.24, 2.45) is 0 Å². The van der Waals surface area contributed by atoms with Crippen molar-refractivity contribution in [1.29, 1.82) is 0 Å². The number of hydrogen-bond acceptors (Lipinski definition) is 4.